The fourth-order valence-electron chi connectivity index (χ4n) is 3.38. The molecule has 6 nitrogen and oxygen atoms in total. The van der Waals surface area contributed by atoms with Crippen LogP contribution in [0.1, 0.15) is 54.4 Å². The molecule has 0 saturated carbocycles. The van der Waals surface area contributed by atoms with Gasteiger partial charge in [0.1, 0.15) is 0 Å². The largest absolute Gasteiger partial charge is 0.406 e. The van der Waals surface area contributed by atoms with Gasteiger partial charge in [-0.15, -0.1) is 0 Å². The molecular formula is C22H26N4O2. The number of hydrogen-bond donors (Lipinski definition) is 0. The van der Waals surface area contributed by atoms with E-state index in [2.05, 4.69) is 15.1 Å². The van der Waals surface area contributed by atoms with Crippen molar-refractivity contribution < 1.29 is 9.53 Å². The van der Waals surface area contributed by atoms with Crippen molar-refractivity contribution in [2.75, 3.05) is 0 Å². The van der Waals surface area contributed by atoms with Crippen LogP contribution in [0.2, 0.25) is 0 Å². The summed E-state index contributed by atoms with van der Waals surface area (Å²) in [5, 5.41) is 4.56. The van der Waals surface area contributed by atoms with Gasteiger partial charge in [-0.3, -0.25) is 4.79 Å². The van der Waals surface area contributed by atoms with E-state index in [-0.39, 0.29) is 11.9 Å². The monoisotopic (exact) mass is 378 g/mol. The van der Waals surface area contributed by atoms with E-state index in [1.165, 1.54) is 0 Å². The Morgan fingerprint density at radius 3 is 2.29 bits per heavy atom. The quantitative estimate of drug-likeness (QED) is 0.600. The predicted octanol–water partition coefficient (Wildman–Crippen LogP) is 4.25. The van der Waals surface area contributed by atoms with E-state index in [0.717, 1.165) is 28.2 Å². The molecule has 6 heteroatoms. The summed E-state index contributed by atoms with van der Waals surface area (Å²) in [6, 6.07) is 11.6. The number of aromatic nitrogens is 4. The molecular weight excluding hydrogens is 352 g/mol. The van der Waals surface area contributed by atoms with E-state index in [4.69, 9.17) is 4.74 Å². The van der Waals surface area contributed by atoms with Gasteiger partial charge in [-0.25, -0.2) is 9.97 Å². The average Bonchev–Trinajstić information content (AvgIpc) is 2.97. The first-order valence-electron chi connectivity index (χ1n) is 9.62. The molecule has 0 aliphatic heterocycles. The SMILES string of the molecule is CCc1c(C)nn(-c2nc(C)cc(C)n2)c1OC(=O)[C@@H](CC)c1ccccc1. The Balaban J connectivity index is 2.02. The van der Waals surface area contributed by atoms with Crippen molar-refractivity contribution in [1.82, 2.24) is 19.7 Å². The van der Waals surface area contributed by atoms with E-state index in [0.29, 0.717) is 24.7 Å². The summed E-state index contributed by atoms with van der Waals surface area (Å²) >= 11 is 0. The molecule has 0 radical (unpaired) electrons. The first kappa shape index (κ1) is 19.7. The summed E-state index contributed by atoms with van der Waals surface area (Å²) in [7, 11) is 0. The highest BCUT2D eigenvalue weighted by Crippen LogP contribution is 2.29. The van der Waals surface area contributed by atoms with E-state index in [9.17, 15) is 4.79 Å². The first-order chi connectivity index (χ1) is 13.4. The molecule has 0 amide bonds. The van der Waals surface area contributed by atoms with Crippen LogP contribution in [-0.4, -0.2) is 25.7 Å². The van der Waals surface area contributed by atoms with Gasteiger partial charge in [0, 0.05) is 17.0 Å². The first-order valence-corrected chi connectivity index (χ1v) is 9.62. The average molecular weight is 378 g/mol. The number of carbonyl (C=O) groups excluding carboxylic acids is 1. The lowest BCUT2D eigenvalue weighted by atomic mass is 9.97. The summed E-state index contributed by atoms with van der Waals surface area (Å²) in [5.74, 6) is 0.184. The van der Waals surface area contributed by atoms with Crippen molar-refractivity contribution in [2.24, 2.45) is 0 Å². The molecule has 3 rings (SSSR count). The summed E-state index contributed by atoms with van der Waals surface area (Å²) in [5.41, 5.74) is 4.31. The van der Waals surface area contributed by atoms with Gasteiger partial charge < -0.3 is 4.74 Å². The van der Waals surface area contributed by atoms with Gasteiger partial charge in [0.05, 0.1) is 11.6 Å². The Hall–Kier alpha value is -3.02. The van der Waals surface area contributed by atoms with E-state index in [1.54, 1.807) is 4.68 Å². The van der Waals surface area contributed by atoms with Crippen LogP contribution < -0.4 is 4.74 Å². The van der Waals surface area contributed by atoms with Crippen LogP contribution in [0, 0.1) is 20.8 Å². The standard InChI is InChI=1S/C22H26N4O2/c1-6-18-16(5)25-26(22-23-14(3)13-15(4)24-22)20(18)28-21(27)19(7-2)17-11-9-8-10-12-17/h8-13,19H,6-7H2,1-5H3/t19-/m0/s1. The van der Waals surface area contributed by atoms with E-state index in [1.807, 2.05) is 71.0 Å². The lowest BCUT2D eigenvalue weighted by molar-refractivity contribution is -0.136. The number of benzene rings is 1. The molecule has 0 spiro atoms. The third-order valence-electron chi connectivity index (χ3n) is 4.74. The molecule has 1 aromatic carbocycles. The molecule has 28 heavy (non-hydrogen) atoms. The van der Waals surface area contributed by atoms with Gasteiger partial charge in [-0.2, -0.15) is 9.78 Å². The number of hydrogen-bond acceptors (Lipinski definition) is 5. The molecule has 3 aromatic rings. The fourth-order valence-corrected chi connectivity index (χ4v) is 3.38. The normalized spacial score (nSPS) is 12.0. The van der Waals surface area contributed by atoms with E-state index >= 15 is 0 Å². The van der Waals surface area contributed by atoms with Gasteiger partial charge in [0.15, 0.2) is 0 Å². The van der Waals surface area contributed by atoms with Crippen molar-refractivity contribution in [3.05, 3.63) is 64.6 Å². The van der Waals surface area contributed by atoms with Crippen molar-refractivity contribution in [1.29, 1.82) is 0 Å². The maximum atomic E-state index is 13.0. The van der Waals surface area contributed by atoms with Crippen LogP contribution in [0.15, 0.2) is 36.4 Å². The zero-order valence-corrected chi connectivity index (χ0v) is 17.1. The number of ether oxygens (including phenoxy) is 1. The molecule has 1 atom stereocenters. The van der Waals surface area contributed by atoms with Gasteiger partial charge in [0.25, 0.3) is 5.95 Å². The Bertz CT molecular complexity index is 959. The van der Waals surface area contributed by atoms with E-state index < -0.39 is 0 Å². The van der Waals surface area contributed by atoms with Crippen LogP contribution in [0.3, 0.4) is 0 Å². The molecule has 0 saturated heterocycles. The summed E-state index contributed by atoms with van der Waals surface area (Å²) < 4.78 is 7.46. The molecule has 0 fully saturated rings. The highest BCUT2D eigenvalue weighted by Gasteiger charge is 2.26. The van der Waals surface area contributed by atoms with Crippen LogP contribution in [0.25, 0.3) is 5.95 Å². The Morgan fingerprint density at radius 1 is 1.07 bits per heavy atom. The summed E-state index contributed by atoms with van der Waals surface area (Å²) in [6.45, 7) is 9.72. The lowest BCUT2D eigenvalue weighted by Gasteiger charge is -2.15. The molecule has 0 aliphatic carbocycles. The second-order valence-electron chi connectivity index (χ2n) is 6.88. The third-order valence-corrected chi connectivity index (χ3v) is 4.74. The van der Waals surface area contributed by atoms with Crippen LogP contribution in [0.4, 0.5) is 0 Å². The topological polar surface area (TPSA) is 69.9 Å². The van der Waals surface area contributed by atoms with Crippen LogP contribution >= 0.6 is 0 Å². The second kappa shape index (κ2) is 8.33. The van der Waals surface area contributed by atoms with Gasteiger partial charge in [-0.1, -0.05) is 44.2 Å². The van der Waals surface area contributed by atoms with Gasteiger partial charge in [-0.05, 0) is 45.2 Å². The Kier molecular flexibility index (Phi) is 5.87. The molecule has 0 unspecified atom stereocenters. The second-order valence-corrected chi connectivity index (χ2v) is 6.88. The lowest BCUT2D eigenvalue weighted by Crippen LogP contribution is -2.21. The molecule has 0 aliphatic rings. The number of rotatable bonds is 6. The fraction of sp³-hybridized carbons (Fsp3) is 0.364. The molecule has 2 aromatic heterocycles. The minimum Gasteiger partial charge on any atom is -0.406 e. The van der Waals surface area contributed by atoms with Crippen molar-refractivity contribution in [3.8, 4) is 11.8 Å². The van der Waals surface area contributed by atoms with Crippen LogP contribution in [0.5, 0.6) is 5.88 Å². The molecule has 146 valence electrons. The minimum atomic E-state index is -0.338. The molecule has 2 heterocycles. The van der Waals surface area contributed by atoms with Crippen molar-refractivity contribution in [3.63, 3.8) is 0 Å². The maximum Gasteiger partial charge on any atom is 0.320 e. The number of nitrogens with zero attached hydrogens (tertiary/aromatic N) is 4. The highest BCUT2D eigenvalue weighted by molar-refractivity contribution is 5.80. The predicted molar refractivity (Wildman–Crippen MR) is 108 cm³/mol. The number of aryl methyl sites for hydroxylation is 3. The maximum absolute atomic E-state index is 13.0. The zero-order valence-electron chi connectivity index (χ0n) is 17.1. The minimum absolute atomic E-state index is 0.297. The van der Waals surface area contributed by atoms with Crippen LogP contribution in [-0.2, 0) is 11.2 Å². The zero-order chi connectivity index (χ0) is 20.3. The van der Waals surface area contributed by atoms with Gasteiger partial charge >= 0.3 is 5.97 Å². The Labute approximate surface area is 165 Å². The number of esters is 1. The summed E-state index contributed by atoms with van der Waals surface area (Å²) in [4.78, 5) is 22.0. The summed E-state index contributed by atoms with van der Waals surface area (Å²) in [6.07, 6.45) is 1.35. The van der Waals surface area contributed by atoms with Gasteiger partial charge in [0.2, 0.25) is 5.88 Å². The van der Waals surface area contributed by atoms with Crippen molar-refractivity contribution in [2.45, 2.75) is 53.4 Å². The number of carbonyl (C=O) groups is 1. The highest BCUT2D eigenvalue weighted by atomic mass is 16.5. The van der Waals surface area contributed by atoms with Crippen molar-refractivity contribution >= 4 is 5.97 Å². The Morgan fingerprint density at radius 2 is 1.71 bits per heavy atom. The smallest absolute Gasteiger partial charge is 0.320 e. The third kappa shape index (κ3) is 3.96. The molecule has 0 N–H and O–H groups in total. The molecule has 0 bridgehead atoms.